The molecule has 1 aliphatic carbocycles. The van der Waals surface area contributed by atoms with Gasteiger partial charge in [0, 0.05) is 11.7 Å². The molecule has 1 fully saturated rings. The van der Waals surface area contributed by atoms with Crippen LogP contribution in [0.15, 0.2) is 53.7 Å². The van der Waals surface area contributed by atoms with Gasteiger partial charge in [-0.25, -0.2) is 0 Å². The lowest BCUT2D eigenvalue weighted by molar-refractivity contribution is -0.119. The van der Waals surface area contributed by atoms with Crippen molar-refractivity contribution in [3.63, 3.8) is 0 Å². The second-order valence-corrected chi connectivity index (χ2v) is 8.86. The molecule has 2 aromatic carbocycles. The average Bonchev–Trinajstić information content (AvgIpc) is 3.42. The molecule has 1 aliphatic rings. The van der Waals surface area contributed by atoms with E-state index in [9.17, 15) is 4.79 Å². The monoisotopic (exact) mass is 436 g/mol. The van der Waals surface area contributed by atoms with Gasteiger partial charge in [0.25, 0.3) is 0 Å². The minimum Gasteiger partial charge on any atom is -0.485 e. The molecule has 1 aromatic heterocycles. The van der Waals surface area contributed by atoms with Crippen LogP contribution in [0.3, 0.4) is 0 Å². The van der Waals surface area contributed by atoms with Gasteiger partial charge in [-0.1, -0.05) is 61.0 Å². The van der Waals surface area contributed by atoms with E-state index in [-0.39, 0.29) is 5.91 Å². The molecular formula is C24H28N4O2S. The molecule has 1 amide bonds. The summed E-state index contributed by atoms with van der Waals surface area (Å²) in [5.41, 5.74) is 3.12. The molecule has 1 N–H and O–H groups in total. The van der Waals surface area contributed by atoms with Crippen LogP contribution < -0.4 is 10.1 Å². The zero-order valence-electron chi connectivity index (χ0n) is 18.0. The van der Waals surface area contributed by atoms with E-state index in [1.54, 1.807) is 0 Å². The maximum atomic E-state index is 12.4. The van der Waals surface area contributed by atoms with E-state index >= 15 is 0 Å². The number of thioether (sulfide) groups is 1. The summed E-state index contributed by atoms with van der Waals surface area (Å²) in [5, 5.41) is 12.6. The SMILES string of the molecule is Cc1cccc(C)c1OCc1nnc(SCC(=O)NC2CCCC2)n1-c1ccccc1. The van der Waals surface area contributed by atoms with Crippen LogP contribution in [0, 0.1) is 13.8 Å². The number of aryl methyl sites for hydroxylation is 2. The Balaban J connectivity index is 1.51. The Labute approximate surface area is 187 Å². The molecule has 0 aliphatic heterocycles. The van der Waals surface area contributed by atoms with Gasteiger partial charge in [-0.05, 0) is 49.9 Å². The zero-order valence-corrected chi connectivity index (χ0v) is 18.8. The molecule has 6 nitrogen and oxygen atoms in total. The van der Waals surface area contributed by atoms with E-state index < -0.39 is 0 Å². The van der Waals surface area contributed by atoms with Crippen molar-refractivity contribution in [2.75, 3.05) is 5.75 Å². The highest BCUT2D eigenvalue weighted by Gasteiger charge is 2.20. The Morgan fingerprint density at radius 1 is 1.06 bits per heavy atom. The number of hydrogen-bond donors (Lipinski definition) is 1. The number of hydrogen-bond acceptors (Lipinski definition) is 5. The smallest absolute Gasteiger partial charge is 0.230 e. The molecule has 0 bridgehead atoms. The number of carbonyl (C=O) groups is 1. The van der Waals surface area contributed by atoms with Crippen molar-refractivity contribution < 1.29 is 9.53 Å². The first kappa shape index (κ1) is 21.4. The van der Waals surface area contributed by atoms with E-state index in [2.05, 4.69) is 15.5 Å². The predicted octanol–water partition coefficient (Wildman–Crippen LogP) is 4.61. The summed E-state index contributed by atoms with van der Waals surface area (Å²) in [6.07, 6.45) is 4.56. The Hall–Kier alpha value is -2.80. The van der Waals surface area contributed by atoms with Crippen LogP contribution in [0.25, 0.3) is 5.69 Å². The van der Waals surface area contributed by atoms with Crippen LogP contribution in [0.5, 0.6) is 5.75 Å². The number of para-hydroxylation sites is 2. The van der Waals surface area contributed by atoms with Crippen LogP contribution in [0.2, 0.25) is 0 Å². The van der Waals surface area contributed by atoms with Gasteiger partial charge in [-0.2, -0.15) is 0 Å². The molecule has 31 heavy (non-hydrogen) atoms. The number of rotatable bonds is 8. The van der Waals surface area contributed by atoms with Crippen LogP contribution in [-0.4, -0.2) is 32.5 Å². The molecule has 1 heterocycles. The largest absolute Gasteiger partial charge is 0.485 e. The standard InChI is InChI=1S/C24H28N4O2S/c1-17-9-8-10-18(2)23(17)30-15-21-26-27-24(28(21)20-13-4-3-5-14-20)31-16-22(29)25-19-11-6-7-12-19/h3-5,8-10,13-14,19H,6-7,11-12,15-16H2,1-2H3,(H,25,29). The normalized spacial score (nSPS) is 14.0. The van der Waals surface area contributed by atoms with Crippen molar-refractivity contribution in [1.29, 1.82) is 0 Å². The Kier molecular flexibility index (Phi) is 6.92. The fraction of sp³-hybridized carbons (Fsp3) is 0.375. The molecule has 3 aromatic rings. The molecule has 0 unspecified atom stereocenters. The Morgan fingerprint density at radius 2 is 1.77 bits per heavy atom. The van der Waals surface area contributed by atoms with Crippen LogP contribution >= 0.6 is 11.8 Å². The van der Waals surface area contributed by atoms with E-state index in [0.717, 1.165) is 35.4 Å². The average molecular weight is 437 g/mol. The van der Waals surface area contributed by atoms with Crippen LogP contribution in [0.4, 0.5) is 0 Å². The van der Waals surface area contributed by atoms with Gasteiger partial charge in [0.2, 0.25) is 5.91 Å². The van der Waals surface area contributed by atoms with Gasteiger partial charge < -0.3 is 10.1 Å². The number of ether oxygens (including phenoxy) is 1. The molecule has 7 heteroatoms. The Morgan fingerprint density at radius 3 is 2.48 bits per heavy atom. The molecule has 1 saturated carbocycles. The maximum Gasteiger partial charge on any atom is 0.230 e. The highest BCUT2D eigenvalue weighted by molar-refractivity contribution is 7.99. The van der Waals surface area contributed by atoms with Crippen molar-refractivity contribution in [1.82, 2.24) is 20.1 Å². The number of nitrogens with zero attached hydrogens (tertiary/aromatic N) is 3. The molecule has 0 saturated heterocycles. The molecule has 0 spiro atoms. The molecule has 162 valence electrons. The summed E-state index contributed by atoms with van der Waals surface area (Å²) in [6, 6.07) is 16.4. The van der Waals surface area contributed by atoms with E-state index in [1.165, 1.54) is 24.6 Å². The van der Waals surface area contributed by atoms with Crippen molar-refractivity contribution in [2.24, 2.45) is 0 Å². The van der Waals surface area contributed by atoms with E-state index in [1.807, 2.05) is 66.9 Å². The van der Waals surface area contributed by atoms with E-state index in [4.69, 9.17) is 4.74 Å². The molecule has 4 rings (SSSR count). The number of carbonyl (C=O) groups excluding carboxylic acids is 1. The number of amides is 1. The summed E-state index contributed by atoms with van der Waals surface area (Å²) in [7, 11) is 0. The first-order valence-electron chi connectivity index (χ1n) is 10.7. The van der Waals surface area contributed by atoms with Gasteiger partial charge in [0.15, 0.2) is 11.0 Å². The van der Waals surface area contributed by atoms with Gasteiger partial charge in [0.1, 0.15) is 12.4 Å². The first-order chi connectivity index (χ1) is 15.1. The molecule has 0 radical (unpaired) electrons. The van der Waals surface area contributed by atoms with Gasteiger partial charge >= 0.3 is 0 Å². The number of benzene rings is 2. The zero-order chi connectivity index (χ0) is 21.6. The Bertz CT molecular complexity index is 1010. The lowest BCUT2D eigenvalue weighted by Gasteiger charge is -2.14. The number of nitrogens with one attached hydrogen (secondary N) is 1. The van der Waals surface area contributed by atoms with Gasteiger partial charge in [0.05, 0.1) is 5.75 Å². The van der Waals surface area contributed by atoms with E-state index in [0.29, 0.717) is 29.4 Å². The highest BCUT2D eigenvalue weighted by atomic mass is 32.2. The lowest BCUT2D eigenvalue weighted by atomic mass is 10.1. The third-order valence-corrected chi connectivity index (χ3v) is 6.45. The number of aromatic nitrogens is 3. The summed E-state index contributed by atoms with van der Waals surface area (Å²) in [4.78, 5) is 12.4. The minimum absolute atomic E-state index is 0.0489. The van der Waals surface area contributed by atoms with Crippen molar-refractivity contribution >= 4 is 17.7 Å². The van der Waals surface area contributed by atoms with Gasteiger partial charge in [-0.3, -0.25) is 9.36 Å². The summed E-state index contributed by atoms with van der Waals surface area (Å²) in [6.45, 7) is 4.37. The van der Waals surface area contributed by atoms with Gasteiger partial charge in [-0.15, -0.1) is 10.2 Å². The summed E-state index contributed by atoms with van der Waals surface area (Å²) in [5.74, 6) is 1.94. The van der Waals surface area contributed by atoms with Crippen molar-refractivity contribution in [2.45, 2.75) is 57.3 Å². The minimum atomic E-state index is 0.0489. The summed E-state index contributed by atoms with van der Waals surface area (Å²) >= 11 is 1.40. The lowest BCUT2D eigenvalue weighted by Crippen LogP contribution is -2.33. The first-order valence-corrected chi connectivity index (χ1v) is 11.7. The highest BCUT2D eigenvalue weighted by Crippen LogP contribution is 2.26. The quantitative estimate of drug-likeness (QED) is 0.522. The fourth-order valence-corrected chi connectivity index (χ4v) is 4.74. The topological polar surface area (TPSA) is 69.0 Å². The van der Waals surface area contributed by atoms with Crippen LogP contribution in [0.1, 0.15) is 42.6 Å². The third kappa shape index (κ3) is 5.28. The predicted molar refractivity (Wildman–Crippen MR) is 123 cm³/mol. The molecular weight excluding hydrogens is 408 g/mol. The maximum absolute atomic E-state index is 12.4. The van der Waals surface area contributed by atoms with Crippen molar-refractivity contribution in [3.05, 3.63) is 65.5 Å². The fourth-order valence-electron chi connectivity index (χ4n) is 3.96. The van der Waals surface area contributed by atoms with Crippen LogP contribution in [-0.2, 0) is 11.4 Å². The second-order valence-electron chi connectivity index (χ2n) is 7.92. The summed E-state index contributed by atoms with van der Waals surface area (Å²) < 4.78 is 8.10. The molecule has 0 atom stereocenters. The third-order valence-electron chi connectivity index (χ3n) is 5.52. The van der Waals surface area contributed by atoms with Crippen molar-refractivity contribution in [3.8, 4) is 11.4 Å². The second kappa shape index (κ2) is 10.0.